The highest BCUT2D eigenvalue weighted by atomic mass is 16.3. The lowest BCUT2D eigenvalue weighted by Crippen LogP contribution is -2.17. The van der Waals surface area contributed by atoms with Crippen molar-refractivity contribution in [3.63, 3.8) is 0 Å². The summed E-state index contributed by atoms with van der Waals surface area (Å²) in [6, 6.07) is 7.74. The van der Waals surface area contributed by atoms with E-state index in [4.69, 9.17) is 5.73 Å². The smallest absolute Gasteiger partial charge is 0.115 e. The molecule has 2 fully saturated rings. The molecular weight excluding hydrogens is 186 g/mol. The fraction of sp³-hybridized carbons (Fsp3) is 0.538. The SMILES string of the molecule is NC[C@@H]1CC1(c1ccc(O)cc1)C1CC1. The molecule has 0 saturated heterocycles. The maximum atomic E-state index is 9.30. The molecule has 2 nitrogen and oxygen atoms in total. The van der Waals surface area contributed by atoms with Crippen molar-refractivity contribution >= 4 is 0 Å². The fourth-order valence-corrected chi connectivity index (χ4v) is 3.10. The number of phenolic OH excluding ortho intramolecular Hbond substituents is 1. The monoisotopic (exact) mass is 203 g/mol. The summed E-state index contributed by atoms with van der Waals surface area (Å²) in [5.41, 5.74) is 7.56. The summed E-state index contributed by atoms with van der Waals surface area (Å²) in [4.78, 5) is 0. The van der Waals surface area contributed by atoms with Gasteiger partial charge >= 0.3 is 0 Å². The Morgan fingerprint density at radius 3 is 2.40 bits per heavy atom. The van der Waals surface area contributed by atoms with E-state index in [9.17, 15) is 5.11 Å². The molecule has 0 heterocycles. The molecule has 15 heavy (non-hydrogen) atoms. The second-order valence-electron chi connectivity index (χ2n) is 5.00. The average molecular weight is 203 g/mol. The third-order valence-corrected chi connectivity index (χ3v) is 4.15. The van der Waals surface area contributed by atoms with Crippen molar-refractivity contribution in [2.75, 3.05) is 6.54 Å². The lowest BCUT2D eigenvalue weighted by atomic mass is 9.88. The summed E-state index contributed by atoms with van der Waals surface area (Å²) in [6.45, 7) is 0.803. The lowest BCUT2D eigenvalue weighted by Gasteiger charge is -2.17. The Balaban J connectivity index is 1.93. The molecule has 2 aliphatic carbocycles. The molecule has 1 unspecified atom stereocenters. The Labute approximate surface area is 90.1 Å². The maximum absolute atomic E-state index is 9.30. The minimum absolute atomic E-state index is 0.356. The highest BCUT2D eigenvalue weighted by molar-refractivity contribution is 5.39. The third-order valence-electron chi connectivity index (χ3n) is 4.15. The van der Waals surface area contributed by atoms with Crippen molar-refractivity contribution in [1.29, 1.82) is 0 Å². The van der Waals surface area contributed by atoms with Crippen molar-refractivity contribution in [2.24, 2.45) is 17.6 Å². The van der Waals surface area contributed by atoms with Crippen LogP contribution in [0.15, 0.2) is 24.3 Å². The fourth-order valence-electron chi connectivity index (χ4n) is 3.10. The van der Waals surface area contributed by atoms with Gasteiger partial charge in [-0.25, -0.2) is 0 Å². The van der Waals surface area contributed by atoms with Gasteiger partial charge < -0.3 is 10.8 Å². The highest BCUT2D eigenvalue weighted by Crippen LogP contribution is 2.65. The third kappa shape index (κ3) is 1.28. The van der Waals surface area contributed by atoms with E-state index in [0.717, 1.165) is 12.5 Å². The first-order chi connectivity index (χ1) is 7.27. The molecule has 3 N–H and O–H groups in total. The van der Waals surface area contributed by atoms with E-state index in [-0.39, 0.29) is 0 Å². The van der Waals surface area contributed by atoms with Gasteiger partial charge in [-0.05, 0) is 55.3 Å². The van der Waals surface area contributed by atoms with E-state index in [1.54, 1.807) is 12.1 Å². The van der Waals surface area contributed by atoms with Crippen LogP contribution in [0.5, 0.6) is 5.75 Å². The highest BCUT2D eigenvalue weighted by Gasteiger charge is 2.61. The lowest BCUT2D eigenvalue weighted by molar-refractivity contribution is 0.473. The molecule has 0 aromatic heterocycles. The number of benzene rings is 1. The Kier molecular flexibility index (Phi) is 1.84. The predicted molar refractivity (Wildman–Crippen MR) is 59.7 cm³/mol. The molecule has 2 heteroatoms. The van der Waals surface area contributed by atoms with E-state index in [1.165, 1.54) is 24.8 Å². The summed E-state index contributed by atoms with van der Waals surface area (Å²) >= 11 is 0. The van der Waals surface area contributed by atoms with Gasteiger partial charge in [-0.15, -0.1) is 0 Å². The first kappa shape index (κ1) is 9.22. The molecule has 2 saturated carbocycles. The van der Waals surface area contributed by atoms with E-state index in [2.05, 4.69) is 12.1 Å². The molecule has 0 amide bonds. The molecule has 3 rings (SSSR count). The molecule has 0 radical (unpaired) electrons. The van der Waals surface area contributed by atoms with E-state index >= 15 is 0 Å². The quantitative estimate of drug-likeness (QED) is 0.789. The van der Waals surface area contributed by atoms with Crippen molar-refractivity contribution in [1.82, 2.24) is 0 Å². The molecule has 1 aromatic carbocycles. The van der Waals surface area contributed by atoms with Crippen LogP contribution in [0.25, 0.3) is 0 Å². The Bertz CT molecular complexity index is 369. The zero-order valence-corrected chi connectivity index (χ0v) is 8.82. The molecular formula is C13H17NO. The second kappa shape index (κ2) is 2.99. The Hall–Kier alpha value is -1.02. The van der Waals surface area contributed by atoms with Crippen LogP contribution < -0.4 is 5.73 Å². The predicted octanol–water partition coefficient (Wildman–Crippen LogP) is 2.02. The van der Waals surface area contributed by atoms with E-state index in [0.29, 0.717) is 17.1 Å². The maximum Gasteiger partial charge on any atom is 0.115 e. The summed E-state index contributed by atoms with van der Waals surface area (Å²) in [6.07, 6.45) is 3.97. The van der Waals surface area contributed by atoms with Crippen LogP contribution >= 0.6 is 0 Å². The topological polar surface area (TPSA) is 46.2 Å². The van der Waals surface area contributed by atoms with Gasteiger partial charge in [0.25, 0.3) is 0 Å². The van der Waals surface area contributed by atoms with Gasteiger partial charge in [0.15, 0.2) is 0 Å². The molecule has 80 valence electrons. The Morgan fingerprint density at radius 1 is 1.27 bits per heavy atom. The number of hydrogen-bond acceptors (Lipinski definition) is 2. The summed E-state index contributed by atoms with van der Waals surface area (Å²) in [5, 5.41) is 9.30. The van der Waals surface area contributed by atoms with Crippen LogP contribution in [0.1, 0.15) is 24.8 Å². The molecule has 0 aliphatic heterocycles. The number of nitrogens with two attached hydrogens (primary N) is 1. The van der Waals surface area contributed by atoms with Crippen molar-refractivity contribution in [3.8, 4) is 5.75 Å². The largest absolute Gasteiger partial charge is 0.508 e. The van der Waals surface area contributed by atoms with Crippen molar-refractivity contribution in [2.45, 2.75) is 24.7 Å². The second-order valence-corrected chi connectivity index (χ2v) is 5.00. The van der Waals surface area contributed by atoms with Crippen LogP contribution in [0.2, 0.25) is 0 Å². The molecule has 2 aliphatic rings. The van der Waals surface area contributed by atoms with Gasteiger partial charge in [0.1, 0.15) is 5.75 Å². The van der Waals surface area contributed by atoms with Crippen LogP contribution in [0.3, 0.4) is 0 Å². The molecule has 1 aromatic rings. The first-order valence-corrected chi connectivity index (χ1v) is 5.77. The molecule has 2 atom stereocenters. The summed E-state index contributed by atoms with van der Waals surface area (Å²) in [5.74, 6) is 1.89. The van der Waals surface area contributed by atoms with Crippen molar-refractivity contribution in [3.05, 3.63) is 29.8 Å². The summed E-state index contributed by atoms with van der Waals surface area (Å²) < 4.78 is 0. The standard InChI is InChI=1S/C13H17NO/c14-8-11-7-13(11,9-1-2-9)10-3-5-12(15)6-4-10/h3-6,9,11,15H,1-2,7-8,14H2/t11-,13?/m0/s1. The van der Waals surface area contributed by atoms with E-state index < -0.39 is 0 Å². The number of phenols is 1. The van der Waals surface area contributed by atoms with Crippen LogP contribution in [-0.4, -0.2) is 11.7 Å². The van der Waals surface area contributed by atoms with Gasteiger partial charge in [-0.2, -0.15) is 0 Å². The number of rotatable bonds is 3. The van der Waals surface area contributed by atoms with Gasteiger partial charge in [0.2, 0.25) is 0 Å². The van der Waals surface area contributed by atoms with Gasteiger partial charge in [-0.1, -0.05) is 12.1 Å². The van der Waals surface area contributed by atoms with Gasteiger partial charge in [0.05, 0.1) is 0 Å². The van der Waals surface area contributed by atoms with Crippen LogP contribution in [-0.2, 0) is 5.41 Å². The van der Waals surface area contributed by atoms with E-state index in [1.807, 2.05) is 0 Å². The van der Waals surface area contributed by atoms with Crippen molar-refractivity contribution < 1.29 is 5.11 Å². The minimum atomic E-state index is 0.356. The Morgan fingerprint density at radius 2 is 1.93 bits per heavy atom. The zero-order chi connectivity index (χ0) is 10.5. The molecule has 0 spiro atoms. The summed E-state index contributed by atoms with van der Waals surface area (Å²) in [7, 11) is 0. The normalized spacial score (nSPS) is 34.1. The van der Waals surface area contributed by atoms with Crippen LogP contribution in [0.4, 0.5) is 0 Å². The van der Waals surface area contributed by atoms with Gasteiger partial charge in [0, 0.05) is 5.41 Å². The zero-order valence-electron chi connectivity index (χ0n) is 8.82. The van der Waals surface area contributed by atoms with Crippen LogP contribution in [0, 0.1) is 11.8 Å². The number of aromatic hydroxyl groups is 1. The average Bonchev–Trinajstić information content (AvgIpc) is 3.12. The number of hydrogen-bond donors (Lipinski definition) is 2. The first-order valence-electron chi connectivity index (χ1n) is 5.77. The minimum Gasteiger partial charge on any atom is -0.508 e. The molecule has 0 bridgehead atoms. The van der Waals surface area contributed by atoms with Gasteiger partial charge in [-0.3, -0.25) is 0 Å².